The Kier molecular flexibility index (Phi) is 5.14. The Balaban J connectivity index is 1.61. The molecule has 8 nitrogen and oxygen atoms in total. The van der Waals surface area contributed by atoms with Crippen molar-refractivity contribution in [3.8, 4) is 5.75 Å². The van der Waals surface area contributed by atoms with Gasteiger partial charge in [-0.3, -0.25) is 5.43 Å². The van der Waals surface area contributed by atoms with Crippen LogP contribution in [0.3, 0.4) is 0 Å². The molecule has 0 saturated heterocycles. The molecule has 1 heterocycles. The Labute approximate surface area is 148 Å². The fraction of sp³-hybridized carbons (Fsp3) is 0.0556. The van der Waals surface area contributed by atoms with Gasteiger partial charge in [-0.25, -0.2) is 14.7 Å². The fourth-order valence-electron chi connectivity index (χ4n) is 2.03. The van der Waals surface area contributed by atoms with E-state index in [0.29, 0.717) is 17.0 Å². The number of esters is 1. The lowest BCUT2D eigenvalue weighted by atomic mass is 10.2. The van der Waals surface area contributed by atoms with Gasteiger partial charge in [0.05, 0.1) is 11.8 Å². The number of hydrogen-bond acceptors (Lipinski definition) is 7. The number of hydrazone groups is 1. The third kappa shape index (κ3) is 4.38. The van der Waals surface area contributed by atoms with Crippen LogP contribution in [0.4, 0.5) is 5.82 Å². The summed E-state index contributed by atoms with van der Waals surface area (Å²) in [6, 6.07) is 15.6. The predicted octanol–water partition coefficient (Wildman–Crippen LogP) is 2.14. The number of carbonyl (C=O) groups excluding carboxylic acids is 1. The minimum absolute atomic E-state index is 0.276. The number of carbonyl (C=O) groups is 1. The highest BCUT2D eigenvalue weighted by Crippen LogP contribution is 2.13. The van der Waals surface area contributed by atoms with Crippen LogP contribution in [0.15, 0.2) is 64.5 Å². The SMILES string of the molecule is Cc1n[nH]c(=O)nc1N/N=C/c1ccc(OC(=O)c2ccccc2)cc1. The number of aryl methyl sites for hydroxylation is 1. The van der Waals surface area contributed by atoms with Crippen LogP contribution in [0.25, 0.3) is 0 Å². The molecule has 2 aromatic carbocycles. The number of aromatic nitrogens is 3. The van der Waals surface area contributed by atoms with Crippen molar-refractivity contribution in [2.75, 3.05) is 5.43 Å². The average molecular weight is 349 g/mol. The van der Waals surface area contributed by atoms with E-state index in [-0.39, 0.29) is 5.82 Å². The molecule has 0 saturated carbocycles. The summed E-state index contributed by atoms with van der Waals surface area (Å²) in [4.78, 5) is 26.9. The topological polar surface area (TPSA) is 109 Å². The van der Waals surface area contributed by atoms with Crippen molar-refractivity contribution in [1.82, 2.24) is 15.2 Å². The lowest BCUT2D eigenvalue weighted by Crippen LogP contribution is -2.15. The van der Waals surface area contributed by atoms with E-state index < -0.39 is 11.7 Å². The minimum atomic E-state index is -0.558. The van der Waals surface area contributed by atoms with Gasteiger partial charge < -0.3 is 4.74 Å². The first-order chi connectivity index (χ1) is 12.6. The van der Waals surface area contributed by atoms with Crippen LogP contribution in [0.1, 0.15) is 21.6 Å². The summed E-state index contributed by atoms with van der Waals surface area (Å²) >= 11 is 0. The Morgan fingerprint density at radius 3 is 2.62 bits per heavy atom. The molecule has 0 aliphatic heterocycles. The first kappa shape index (κ1) is 17.0. The summed E-state index contributed by atoms with van der Waals surface area (Å²) in [6.45, 7) is 1.69. The monoisotopic (exact) mass is 349 g/mol. The van der Waals surface area contributed by atoms with Crippen molar-refractivity contribution in [1.29, 1.82) is 0 Å². The van der Waals surface area contributed by atoms with Crippen molar-refractivity contribution in [3.63, 3.8) is 0 Å². The molecule has 130 valence electrons. The Morgan fingerprint density at radius 2 is 1.88 bits per heavy atom. The van der Waals surface area contributed by atoms with Crippen LogP contribution in [0, 0.1) is 6.92 Å². The summed E-state index contributed by atoms with van der Waals surface area (Å²) in [5.74, 6) is 0.288. The second-order valence-electron chi connectivity index (χ2n) is 5.27. The van der Waals surface area contributed by atoms with Crippen LogP contribution in [-0.2, 0) is 0 Å². The van der Waals surface area contributed by atoms with Gasteiger partial charge in [0.15, 0.2) is 5.82 Å². The highest BCUT2D eigenvalue weighted by molar-refractivity contribution is 5.91. The van der Waals surface area contributed by atoms with Crippen LogP contribution in [0.5, 0.6) is 5.75 Å². The maximum atomic E-state index is 12.0. The molecular weight excluding hydrogens is 334 g/mol. The van der Waals surface area contributed by atoms with Crippen LogP contribution >= 0.6 is 0 Å². The summed E-state index contributed by atoms with van der Waals surface area (Å²) in [5, 5.41) is 10.0. The number of H-pyrrole nitrogens is 1. The zero-order valence-electron chi connectivity index (χ0n) is 13.8. The van der Waals surface area contributed by atoms with Gasteiger partial charge in [0, 0.05) is 0 Å². The number of nitrogens with zero attached hydrogens (tertiary/aromatic N) is 3. The van der Waals surface area contributed by atoms with E-state index in [2.05, 4.69) is 25.7 Å². The molecule has 0 aliphatic rings. The first-order valence-electron chi connectivity index (χ1n) is 7.71. The molecule has 0 amide bonds. The lowest BCUT2D eigenvalue weighted by molar-refractivity contribution is 0.0735. The molecule has 0 spiro atoms. The Hall–Kier alpha value is -3.81. The van der Waals surface area contributed by atoms with Gasteiger partial charge in [-0.2, -0.15) is 15.2 Å². The Morgan fingerprint density at radius 1 is 1.15 bits per heavy atom. The van der Waals surface area contributed by atoms with E-state index in [1.54, 1.807) is 61.7 Å². The number of hydrogen-bond donors (Lipinski definition) is 2. The van der Waals surface area contributed by atoms with Crippen LogP contribution in [0.2, 0.25) is 0 Å². The molecule has 0 unspecified atom stereocenters. The zero-order chi connectivity index (χ0) is 18.4. The predicted molar refractivity (Wildman–Crippen MR) is 96.4 cm³/mol. The molecular formula is C18H15N5O3. The van der Waals surface area contributed by atoms with E-state index in [9.17, 15) is 9.59 Å². The second kappa shape index (κ2) is 7.84. The van der Waals surface area contributed by atoms with Crippen molar-refractivity contribution < 1.29 is 9.53 Å². The van der Waals surface area contributed by atoms with Crippen molar-refractivity contribution in [2.45, 2.75) is 6.92 Å². The molecule has 1 aromatic heterocycles. The number of benzene rings is 2. The summed E-state index contributed by atoms with van der Waals surface area (Å²) < 4.78 is 5.30. The average Bonchev–Trinajstić information content (AvgIpc) is 2.66. The maximum absolute atomic E-state index is 12.0. The van der Waals surface area contributed by atoms with Gasteiger partial charge in [-0.1, -0.05) is 18.2 Å². The first-order valence-corrected chi connectivity index (χ1v) is 7.71. The maximum Gasteiger partial charge on any atom is 0.363 e. The highest BCUT2D eigenvalue weighted by Gasteiger charge is 2.07. The molecule has 3 rings (SSSR count). The fourth-order valence-corrected chi connectivity index (χ4v) is 2.03. The molecule has 0 atom stereocenters. The second-order valence-corrected chi connectivity index (χ2v) is 5.27. The van der Waals surface area contributed by atoms with Crippen LogP contribution in [-0.4, -0.2) is 27.4 Å². The van der Waals surface area contributed by atoms with Gasteiger partial charge in [0.25, 0.3) is 0 Å². The molecule has 8 heteroatoms. The minimum Gasteiger partial charge on any atom is -0.423 e. The molecule has 3 aromatic rings. The van der Waals surface area contributed by atoms with E-state index in [0.717, 1.165) is 5.56 Å². The van der Waals surface area contributed by atoms with Crippen molar-refractivity contribution in [3.05, 3.63) is 81.9 Å². The quantitative estimate of drug-likeness (QED) is 0.316. The molecule has 2 N–H and O–H groups in total. The zero-order valence-corrected chi connectivity index (χ0v) is 13.8. The number of nitrogens with one attached hydrogen (secondary N) is 2. The molecule has 0 radical (unpaired) electrons. The summed E-state index contributed by atoms with van der Waals surface area (Å²) in [7, 11) is 0. The van der Waals surface area contributed by atoms with E-state index in [1.807, 2.05) is 6.07 Å². The smallest absolute Gasteiger partial charge is 0.363 e. The lowest BCUT2D eigenvalue weighted by Gasteiger charge is -2.04. The van der Waals surface area contributed by atoms with Gasteiger partial charge in [-0.05, 0) is 48.9 Å². The van der Waals surface area contributed by atoms with E-state index in [1.165, 1.54) is 0 Å². The van der Waals surface area contributed by atoms with Crippen LogP contribution < -0.4 is 15.9 Å². The largest absolute Gasteiger partial charge is 0.423 e. The number of aromatic amines is 1. The highest BCUT2D eigenvalue weighted by atomic mass is 16.5. The third-order valence-electron chi connectivity index (χ3n) is 3.36. The Bertz CT molecular complexity index is 982. The van der Waals surface area contributed by atoms with Gasteiger partial charge in [0.2, 0.25) is 0 Å². The van der Waals surface area contributed by atoms with Gasteiger partial charge in [0.1, 0.15) is 11.4 Å². The molecule has 0 fully saturated rings. The summed E-state index contributed by atoms with van der Waals surface area (Å²) in [5.41, 5.74) is 3.88. The number of rotatable bonds is 5. The van der Waals surface area contributed by atoms with Crippen molar-refractivity contribution in [2.24, 2.45) is 5.10 Å². The van der Waals surface area contributed by atoms with Gasteiger partial charge in [-0.15, -0.1) is 0 Å². The van der Waals surface area contributed by atoms with Crippen molar-refractivity contribution >= 4 is 18.0 Å². The third-order valence-corrected chi connectivity index (χ3v) is 3.36. The molecule has 0 bridgehead atoms. The summed E-state index contributed by atoms with van der Waals surface area (Å²) in [6.07, 6.45) is 1.55. The van der Waals surface area contributed by atoms with E-state index in [4.69, 9.17) is 4.74 Å². The normalized spacial score (nSPS) is 10.7. The van der Waals surface area contributed by atoms with E-state index >= 15 is 0 Å². The molecule has 0 aliphatic carbocycles. The standard InChI is InChI=1S/C18H15N5O3/c1-12-16(20-18(25)23-21-12)22-19-11-13-7-9-15(10-8-13)26-17(24)14-5-3-2-4-6-14/h2-11H,1H3,(H2,20,22,23,25)/b19-11+. The number of anilines is 1. The molecule has 26 heavy (non-hydrogen) atoms. The number of ether oxygens (including phenoxy) is 1. The van der Waals surface area contributed by atoms with Gasteiger partial charge >= 0.3 is 11.7 Å².